The number of carboxylic acid groups (broad SMARTS) is 1. The topological polar surface area (TPSA) is 93.4 Å². The molecule has 8 heteroatoms. The molecule has 1 unspecified atom stereocenters. The smallest absolute Gasteiger partial charge is 0.331 e. The van der Waals surface area contributed by atoms with E-state index in [0.29, 0.717) is 17.9 Å². The van der Waals surface area contributed by atoms with Crippen molar-refractivity contribution in [1.82, 2.24) is 15.1 Å². The van der Waals surface area contributed by atoms with Crippen LogP contribution in [0.5, 0.6) is 0 Å². The first-order chi connectivity index (χ1) is 9.04. The number of rotatable bonds is 8. The number of nitrogens with zero attached hydrogens (tertiary/aromatic N) is 2. The van der Waals surface area contributed by atoms with E-state index in [1.165, 1.54) is 22.6 Å². The summed E-state index contributed by atoms with van der Waals surface area (Å²) in [6, 6.07) is -1.07. The van der Waals surface area contributed by atoms with Crippen LogP contribution in [0, 0.1) is 0 Å². The summed E-state index contributed by atoms with van der Waals surface area (Å²) in [7, 11) is 3.27. The first-order valence-electron chi connectivity index (χ1n) is 5.62. The van der Waals surface area contributed by atoms with Crippen molar-refractivity contribution in [3.8, 4) is 0 Å². The molecule has 1 rings (SSSR count). The molecule has 0 aliphatic carbocycles. The van der Waals surface area contributed by atoms with Gasteiger partial charge in [0.25, 0.3) is 0 Å². The van der Waals surface area contributed by atoms with Gasteiger partial charge in [0.15, 0.2) is 6.04 Å². The highest BCUT2D eigenvalue weighted by Crippen LogP contribution is 2.12. The standard InChI is InChI=1S/C11H17N3O4S/c1-14-6-8(5-12-14)10(11(16)17)13-9(15)7-19-4-3-18-2/h5-6,10H,3-4,7H2,1-2H3,(H,13,15)(H,16,17). The lowest BCUT2D eigenvalue weighted by molar-refractivity contribution is -0.141. The molecule has 0 aliphatic heterocycles. The average molecular weight is 287 g/mol. The molecule has 0 fully saturated rings. The van der Waals surface area contributed by atoms with Crippen LogP contribution in [0.25, 0.3) is 0 Å². The maximum absolute atomic E-state index is 11.6. The number of hydrogen-bond donors (Lipinski definition) is 2. The Hall–Kier alpha value is -1.54. The van der Waals surface area contributed by atoms with Crippen LogP contribution >= 0.6 is 11.8 Å². The van der Waals surface area contributed by atoms with E-state index < -0.39 is 12.0 Å². The highest BCUT2D eigenvalue weighted by Gasteiger charge is 2.23. The maximum atomic E-state index is 11.6. The largest absolute Gasteiger partial charge is 0.479 e. The molecule has 0 spiro atoms. The van der Waals surface area contributed by atoms with Gasteiger partial charge >= 0.3 is 5.97 Å². The Labute approximate surface area is 115 Å². The van der Waals surface area contributed by atoms with Crippen molar-refractivity contribution in [2.24, 2.45) is 7.05 Å². The number of amides is 1. The van der Waals surface area contributed by atoms with Crippen LogP contribution in [0.2, 0.25) is 0 Å². The fourth-order valence-electron chi connectivity index (χ4n) is 1.39. The third kappa shape index (κ3) is 5.31. The predicted octanol–water partition coefficient (Wildman–Crippen LogP) is 0.0416. The lowest BCUT2D eigenvalue weighted by Gasteiger charge is -2.12. The van der Waals surface area contributed by atoms with Crippen LogP contribution in [0.4, 0.5) is 0 Å². The van der Waals surface area contributed by atoms with Gasteiger partial charge < -0.3 is 15.2 Å². The quantitative estimate of drug-likeness (QED) is 0.656. The summed E-state index contributed by atoms with van der Waals surface area (Å²) in [6.45, 7) is 0.558. The zero-order chi connectivity index (χ0) is 14.3. The fraction of sp³-hybridized carbons (Fsp3) is 0.545. The number of carbonyl (C=O) groups excluding carboxylic acids is 1. The predicted molar refractivity (Wildman–Crippen MR) is 70.9 cm³/mol. The van der Waals surface area contributed by atoms with Gasteiger partial charge in [-0.3, -0.25) is 9.48 Å². The van der Waals surface area contributed by atoms with Gasteiger partial charge in [-0.2, -0.15) is 5.10 Å². The third-order valence-corrected chi connectivity index (χ3v) is 3.20. The van der Waals surface area contributed by atoms with Crippen molar-refractivity contribution >= 4 is 23.6 Å². The van der Waals surface area contributed by atoms with Crippen molar-refractivity contribution in [2.75, 3.05) is 25.2 Å². The third-order valence-electron chi connectivity index (χ3n) is 2.28. The van der Waals surface area contributed by atoms with Gasteiger partial charge in [-0.1, -0.05) is 0 Å². The molecular weight excluding hydrogens is 270 g/mol. The zero-order valence-electron chi connectivity index (χ0n) is 10.8. The minimum Gasteiger partial charge on any atom is -0.479 e. The maximum Gasteiger partial charge on any atom is 0.331 e. The number of nitrogens with one attached hydrogen (secondary N) is 1. The minimum absolute atomic E-state index is 0.202. The van der Waals surface area contributed by atoms with Crippen molar-refractivity contribution in [1.29, 1.82) is 0 Å². The molecule has 2 N–H and O–H groups in total. The Morgan fingerprint density at radius 1 is 1.63 bits per heavy atom. The van der Waals surface area contributed by atoms with Gasteiger partial charge in [0.2, 0.25) is 5.91 Å². The summed E-state index contributed by atoms with van der Waals surface area (Å²) >= 11 is 1.39. The van der Waals surface area contributed by atoms with Crippen LogP contribution < -0.4 is 5.32 Å². The Morgan fingerprint density at radius 2 is 2.37 bits per heavy atom. The van der Waals surface area contributed by atoms with Crippen LogP contribution in [-0.2, 0) is 21.4 Å². The van der Waals surface area contributed by atoms with Gasteiger partial charge in [0.1, 0.15) is 0 Å². The highest BCUT2D eigenvalue weighted by atomic mass is 32.2. The van der Waals surface area contributed by atoms with Crippen molar-refractivity contribution < 1.29 is 19.4 Å². The molecule has 0 aliphatic rings. The molecule has 0 bridgehead atoms. The second-order valence-corrected chi connectivity index (χ2v) is 4.94. The number of methoxy groups -OCH3 is 1. The van der Waals surface area contributed by atoms with E-state index in [9.17, 15) is 9.59 Å². The molecule has 19 heavy (non-hydrogen) atoms. The summed E-state index contributed by atoms with van der Waals surface area (Å²) in [5.74, 6) is -0.539. The van der Waals surface area contributed by atoms with E-state index in [2.05, 4.69) is 10.4 Å². The first-order valence-corrected chi connectivity index (χ1v) is 6.77. The molecule has 0 saturated carbocycles. The summed E-state index contributed by atoms with van der Waals surface area (Å²) in [5.41, 5.74) is 0.449. The Kier molecular flexibility index (Phi) is 6.37. The summed E-state index contributed by atoms with van der Waals surface area (Å²) in [5, 5.41) is 15.5. The summed E-state index contributed by atoms with van der Waals surface area (Å²) in [4.78, 5) is 22.8. The summed E-state index contributed by atoms with van der Waals surface area (Å²) < 4.78 is 6.35. The fourth-order valence-corrected chi connectivity index (χ4v) is 2.08. The molecule has 1 aromatic rings. The number of carbonyl (C=O) groups is 2. The molecule has 0 saturated heterocycles. The summed E-state index contributed by atoms with van der Waals surface area (Å²) in [6.07, 6.45) is 2.99. The van der Waals surface area contributed by atoms with Gasteiger partial charge in [-0.15, -0.1) is 11.8 Å². The van der Waals surface area contributed by atoms with E-state index in [1.54, 1.807) is 20.4 Å². The molecule has 106 valence electrons. The number of aliphatic carboxylic acids is 1. The highest BCUT2D eigenvalue weighted by molar-refractivity contribution is 7.99. The van der Waals surface area contributed by atoms with Gasteiger partial charge in [0.05, 0.1) is 18.6 Å². The number of hydrogen-bond acceptors (Lipinski definition) is 5. The van der Waals surface area contributed by atoms with Crippen molar-refractivity contribution in [3.05, 3.63) is 18.0 Å². The SMILES string of the molecule is COCCSCC(=O)NC(C(=O)O)c1cnn(C)c1. The van der Waals surface area contributed by atoms with Gasteiger partial charge in [0, 0.05) is 31.7 Å². The van der Waals surface area contributed by atoms with Crippen LogP contribution in [0.3, 0.4) is 0 Å². The van der Waals surface area contributed by atoms with Gasteiger partial charge in [-0.25, -0.2) is 4.79 Å². The molecule has 0 aromatic carbocycles. The minimum atomic E-state index is -1.11. The average Bonchev–Trinajstić information content (AvgIpc) is 2.78. The molecule has 1 amide bonds. The van der Waals surface area contributed by atoms with E-state index in [4.69, 9.17) is 9.84 Å². The molecule has 7 nitrogen and oxygen atoms in total. The zero-order valence-corrected chi connectivity index (χ0v) is 11.6. The molecule has 1 atom stereocenters. The second kappa shape index (κ2) is 7.80. The lowest BCUT2D eigenvalue weighted by Crippen LogP contribution is -2.34. The van der Waals surface area contributed by atoms with Crippen molar-refractivity contribution in [2.45, 2.75) is 6.04 Å². The number of carboxylic acids is 1. The van der Waals surface area contributed by atoms with E-state index in [-0.39, 0.29) is 11.7 Å². The lowest BCUT2D eigenvalue weighted by atomic mass is 10.1. The Morgan fingerprint density at radius 3 is 2.89 bits per heavy atom. The Balaban J connectivity index is 2.50. The normalized spacial score (nSPS) is 12.1. The van der Waals surface area contributed by atoms with E-state index in [1.807, 2.05) is 0 Å². The molecule has 1 heterocycles. The van der Waals surface area contributed by atoms with Gasteiger partial charge in [-0.05, 0) is 0 Å². The van der Waals surface area contributed by atoms with E-state index >= 15 is 0 Å². The molecular formula is C11H17N3O4S. The Bertz CT molecular complexity index is 435. The second-order valence-electron chi connectivity index (χ2n) is 3.83. The molecule has 0 radical (unpaired) electrons. The van der Waals surface area contributed by atoms with Crippen LogP contribution in [0.1, 0.15) is 11.6 Å². The van der Waals surface area contributed by atoms with Crippen molar-refractivity contribution in [3.63, 3.8) is 0 Å². The molecule has 1 aromatic heterocycles. The number of aryl methyl sites for hydroxylation is 1. The van der Waals surface area contributed by atoms with Crippen LogP contribution in [-0.4, -0.2) is 52.0 Å². The number of thioether (sulfide) groups is 1. The first kappa shape index (κ1) is 15.5. The number of ether oxygens (including phenoxy) is 1. The number of aromatic nitrogens is 2. The monoisotopic (exact) mass is 287 g/mol. The van der Waals surface area contributed by atoms with Crippen LogP contribution in [0.15, 0.2) is 12.4 Å². The van der Waals surface area contributed by atoms with E-state index in [0.717, 1.165) is 0 Å².